The molecule has 102 valence electrons. The number of thiazole rings is 1. The molecule has 0 bridgehead atoms. The first-order valence-electron chi connectivity index (χ1n) is 6.51. The number of aromatic nitrogens is 1. The van der Waals surface area contributed by atoms with Gasteiger partial charge in [0.2, 0.25) is 0 Å². The first kappa shape index (κ1) is 14.4. The molecule has 0 fully saturated rings. The van der Waals surface area contributed by atoms with Gasteiger partial charge in [-0.05, 0) is 26.3 Å². The monoisotopic (exact) mass is 292 g/mol. The normalized spacial score (nSPS) is 10.7. The van der Waals surface area contributed by atoms with Crippen LogP contribution in [-0.2, 0) is 11.5 Å². The number of nitrogens with zero attached hydrogens (tertiary/aromatic N) is 1. The summed E-state index contributed by atoms with van der Waals surface area (Å²) in [4.78, 5) is 5.69. The number of thioether (sulfide) groups is 1. The van der Waals surface area contributed by atoms with Crippen LogP contribution in [0.1, 0.15) is 28.5 Å². The van der Waals surface area contributed by atoms with Crippen LogP contribution in [0, 0.1) is 13.8 Å². The van der Waals surface area contributed by atoms with Crippen LogP contribution in [0.15, 0.2) is 24.4 Å². The maximum atomic E-state index is 4.35. The van der Waals surface area contributed by atoms with Gasteiger partial charge in [-0.25, -0.2) is 4.98 Å². The maximum Gasteiger partial charge on any atom is 0.182 e. The van der Waals surface area contributed by atoms with Crippen molar-refractivity contribution < 1.29 is 0 Å². The standard InChI is InChI=1S/C15H20N2S2/c1-4-16-15-17-8-14(19-15)10-18-9-13-6-11(2)5-12(3)7-13/h5-8H,4,9-10H2,1-3H3,(H,16,17). The molecule has 2 aromatic rings. The molecule has 0 aliphatic carbocycles. The lowest BCUT2D eigenvalue weighted by Gasteiger charge is -2.04. The Bertz CT molecular complexity index is 514. The molecule has 0 amide bonds. The largest absolute Gasteiger partial charge is 0.362 e. The molecule has 2 rings (SSSR count). The summed E-state index contributed by atoms with van der Waals surface area (Å²) in [5.41, 5.74) is 4.12. The highest BCUT2D eigenvalue weighted by atomic mass is 32.2. The molecule has 1 N–H and O–H groups in total. The number of hydrogen-bond donors (Lipinski definition) is 1. The lowest BCUT2D eigenvalue weighted by atomic mass is 10.1. The summed E-state index contributed by atoms with van der Waals surface area (Å²) in [7, 11) is 0. The number of nitrogens with one attached hydrogen (secondary N) is 1. The lowest BCUT2D eigenvalue weighted by Crippen LogP contribution is -1.94. The van der Waals surface area contributed by atoms with Crippen LogP contribution in [0.2, 0.25) is 0 Å². The molecule has 0 aliphatic rings. The SMILES string of the molecule is CCNc1ncc(CSCc2cc(C)cc(C)c2)s1. The van der Waals surface area contributed by atoms with Crippen molar-refractivity contribution in [3.8, 4) is 0 Å². The molecule has 1 heterocycles. The van der Waals surface area contributed by atoms with Gasteiger partial charge in [0.05, 0.1) is 0 Å². The van der Waals surface area contributed by atoms with Crippen molar-refractivity contribution >= 4 is 28.2 Å². The van der Waals surface area contributed by atoms with Crippen molar-refractivity contribution in [3.05, 3.63) is 46.0 Å². The molecule has 19 heavy (non-hydrogen) atoms. The molecular formula is C15H20N2S2. The zero-order chi connectivity index (χ0) is 13.7. The Kier molecular flexibility index (Phi) is 5.28. The molecule has 1 aromatic carbocycles. The summed E-state index contributed by atoms with van der Waals surface area (Å²) in [6.07, 6.45) is 1.98. The van der Waals surface area contributed by atoms with E-state index in [9.17, 15) is 0 Å². The van der Waals surface area contributed by atoms with Gasteiger partial charge in [-0.15, -0.1) is 11.3 Å². The number of anilines is 1. The van der Waals surface area contributed by atoms with Gasteiger partial charge in [0.15, 0.2) is 5.13 Å². The van der Waals surface area contributed by atoms with Crippen LogP contribution >= 0.6 is 23.1 Å². The van der Waals surface area contributed by atoms with Gasteiger partial charge in [0.25, 0.3) is 0 Å². The van der Waals surface area contributed by atoms with Crippen LogP contribution in [0.4, 0.5) is 5.13 Å². The summed E-state index contributed by atoms with van der Waals surface area (Å²) >= 11 is 3.71. The second-order valence-electron chi connectivity index (χ2n) is 4.65. The lowest BCUT2D eigenvalue weighted by molar-refractivity contribution is 1.19. The first-order chi connectivity index (χ1) is 9.17. The van der Waals surface area contributed by atoms with E-state index in [0.717, 1.165) is 23.2 Å². The maximum absolute atomic E-state index is 4.35. The Labute approximate surface area is 123 Å². The summed E-state index contributed by atoms with van der Waals surface area (Å²) < 4.78 is 0. The minimum Gasteiger partial charge on any atom is -0.362 e. The molecule has 1 aromatic heterocycles. The van der Waals surface area contributed by atoms with Crippen LogP contribution < -0.4 is 5.32 Å². The molecule has 0 atom stereocenters. The van der Waals surface area contributed by atoms with E-state index < -0.39 is 0 Å². The molecule has 0 saturated carbocycles. The van der Waals surface area contributed by atoms with Crippen molar-refractivity contribution in [1.29, 1.82) is 0 Å². The van der Waals surface area contributed by atoms with E-state index in [0.29, 0.717) is 0 Å². The fraction of sp³-hybridized carbons (Fsp3) is 0.400. The topological polar surface area (TPSA) is 24.9 Å². The molecule has 0 saturated heterocycles. The van der Waals surface area contributed by atoms with Crippen LogP contribution in [0.25, 0.3) is 0 Å². The zero-order valence-electron chi connectivity index (χ0n) is 11.7. The number of benzene rings is 1. The summed E-state index contributed by atoms with van der Waals surface area (Å²) in [6.45, 7) is 7.35. The van der Waals surface area contributed by atoms with E-state index in [1.807, 2.05) is 18.0 Å². The average molecular weight is 292 g/mol. The Morgan fingerprint density at radius 2 is 1.89 bits per heavy atom. The van der Waals surface area contributed by atoms with E-state index in [2.05, 4.69) is 49.3 Å². The molecule has 2 nitrogen and oxygen atoms in total. The van der Waals surface area contributed by atoms with E-state index in [1.165, 1.54) is 21.6 Å². The highest BCUT2D eigenvalue weighted by Crippen LogP contribution is 2.25. The number of rotatable bonds is 6. The van der Waals surface area contributed by atoms with Crippen molar-refractivity contribution in [2.24, 2.45) is 0 Å². The van der Waals surface area contributed by atoms with Crippen LogP contribution in [-0.4, -0.2) is 11.5 Å². The quantitative estimate of drug-likeness (QED) is 0.840. The fourth-order valence-corrected chi connectivity index (χ4v) is 3.97. The number of aryl methyl sites for hydroxylation is 2. The highest BCUT2D eigenvalue weighted by Gasteiger charge is 2.02. The Morgan fingerprint density at radius 3 is 2.58 bits per heavy atom. The van der Waals surface area contributed by atoms with E-state index >= 15 is 0 Å². The summed E-state index contributed by atoms with van der Waals surface area (Å²) in [5, 5.41) is 4.28. The van der Waals surface area contributed by atoms with Crippen molar-refractivity contribution in [2.45, 2.75) is 32.3 Å². The van der Waals surface area contributed by atoms with Gasteiger partial charge in [-0.3, -0.25) is 0 Å². The highest BCUT2D eigenvalue weighted by molar-refractivity contribution is 7.97. The summed E-state index contributed by atoms with van der Waals surface area (Å²) in [5.74, 6) is 2.10. The van der Waals surface area contributed by atoms with Gasteiger partial charge in [-0.1, -0.05) is 29.3 Å². The third-order valence-electron chi connectivity index (χ3n) is 2.68. The van der Waals surface area contributed by atoms with E-state index in [-0.39, 0.29) is 0 Å². The minimum atomic E-state index is 0.933. The fourth-order valence-electron chi connectivity index (χ4n) is 2.03. The van der Waals surface area contributed by atoms with Crippen LogP contribution in [0.3, 0.4) is 0 Å². The smallest absolute Gasteiger partial charge is 0.182 e. The van der Waals surface area contributed by atoms with Crippen molar-refractivity contribution in [2.75, 3.05) is 11.9 Å². The van der Waals surface area contributed by atoms with Gasteiger partial charge >= 0.3 is 0 Å². The van der Waals surface area contributed by atoms with E-state index in [4.69, 9.17) is 0 Å². The second-order valence-corrected chi connectivity index (χ2v) is 6.75. The molecule has 4 heteroatoms. The molecule has 0 spiro atoms. The predicted molar refractivity (Wildman–Crippen MR) is 87.2 cm³/mol. The predicted octanol–water partition coefficient (Wildman–Crippen LogP) is 4.63. The van der Waals surface area contributed by atoms with Gasteiger partial charge in [0.1, 0.15) is 0 Å². The third kappa shape index (κ3) is 4.55. The zero-order valence-corrected chi connectivity index (χ0v) is 13.3. The molecular weight excluding hydrogens is 272 g/mol. The molecule has 0 radical (unpaired) electrons. The van der Waals surface area contributed by atoms with E-state index in [1.54, 1.807) is 11.3 Å². The average Bonchev–Trinajstić information content (AvgIpc) is 2.76. The summed E-state index contributed by atoms with van der Waals surface area (Å²) in [6, 6.07) is 6.77. The Hall–Kier alpha value is -1.00. The Balaban J connectivity index is 1.85. The molecule has 0 aliphatic heterocycles. The number of hydrogen-bond acceptors (Lipinski definition) is 4. The molecule has 0 unspecified atom stereocenters. The first-order valence-corrected chi connectivity index (χ1v) is 8.48. The van der Waals surface area contributed by atoms with Crippen molar-refractivity contribution in [1.82, 2.24) is 4.98 Å². The van der Waals surface area contributed by atoms with Gasteiger partial charge in [0, 0.05) is 29.1 Å². The van der Waals surface area contributed by atoms with Crippen molar-refractivity contribution in [3.63, 3.8) is 0 Å². The van der Waals surface area contributed by atoms with Gasteiger partial charge in [-0.2, -0.15) is 11.8 Å². The Morgan fingerprint density at radius 1 is 1.16 bits per heavy atom. The van der Waals surface area contributed by atoms with Gasteiger partial charge < -0.3 is 5.32 Å². The third-order valence-corrected chi connectivity index (χ3v) is 4.87. The minimum absolute atomic E-state index is 0.933. The second kappa shape index (κ2) is 6.96. The van der Waals surface area contributed by atoms with Crippen LogP contribution in [0.5, 0.6) is 0 Å².